The number of anilines is 1. The predicted octanol–water partition coefficient (Wildman–Crippen LogP) is 2.09. The molecule has 0 radical (unpaired) electrons. The average Bonchev–Trinajstić information content (AvgIpc) is 2.39. The SMILES string of the molecule is CCNCCCNc1ccc(S(=O)(=O)C(F)F)cc1. The van der Waals surface area contributed by atoms with Crippen LogP contribution >= 0.6 is 0 Å². The first kappa shape index (κ1) is 15.8. The second kappa shape index (κ2) is 7.40. The summed E-state index contributed by atoms with van der Waals surface area (Å²) < 4.78 is 47.0. The molecule has 108 valence electrons. The lowest BCUT2D eigenvalue weighted by molar-refractivity contribution is 0.234. The molecule has 4 nitrogen and oxygen atoms in total. The number of rotatable bonds is 8. The molecule has 0 amide bonds. The molecule has 0 saturated heterocycles. The van der Waals surface area contributed by atoms with Crippen molar-refractivity contribution in [3.05, 3.63) is 24.3 Å². The second-order valence-electron chi connectivity index (χ2n) is 3.96. The second-order valence-corrected chi connectivity index (χ2v) is 5.88. The Morgan fingerprint density at radius 1 is 1.16 bits per heavy atom. The minimum absolute atomic E-state index is 0.360. The van der Waals surface area contributed by atoms with E-state index in [-0.39, 0.29) is 4.90 Å². The maximum atomic E-state index is 12.3. The highest BCUT2D eigenvalue weighted by Gasteiger charge is 2.26. The van der Waals surface area contributed by atoms with Gasteiger partial charge in [-0.3, -0.25) is 0 Å². The van der Waals surface area contributed by atoms with Crippen molar-refractivity contribution in [2.75, 3.05) is 25.0 Å². The van der Waals surface area contributed by atoms with Crippen molar-refractivity contribution in [3.63, 3.8) is 0 Å². The first-order valence-corrected chi connectivity index (χ1v) is 7.60. The lowest BCUT2D eigenvalue weighted by Crippen LogP contribution is -2.17. The van der Waals surface area contributed by atoms with Gasteiger partial charge in [-0.05, 0) is 43.8 Å². The van der Waals surface area contributed by atoms with E-state index >= 15 is 0 Å². The topological polar surface area (TPSA) is 58.2 Å². The minimum atomic E-state index is -4.50. The monoisotopic (exact) mass is 292 g/mol. The van der Waals surface area contributed by atoms with Gasteiger partial charge in [0.1, 0.15) is 0 Å². The first-order chi connectivity index (χ1) is 8.98. The Morgan fingerprint density at radius 2 is 1.79 bits per heavy atom. The lowest BCUT2D eigenvalue weighted by Gasteiger charge is -2.08. The molecule has 1 aromatic carbocycles. The summed E-state index contributed by atoms with van der Waals surface area (Å²) in [6, 6.07) is 5.35. The van der Waals surface area contributed by atoms with Crippen molar-refractivity contribution in [1.29, 1.82) is 0 Å². The zero-order valence-electron chi connectivity index (χ0n) is 10.7. The molecular weight excluding hydrogens is 274 g/mol. The van der Waals surface area contributed by atoms with Crippen LogP contribution in [0.2, 0.25) is 0 Å². The predicted molar refractivity (Wildman–Crippen MR) is 71.3 cm³/mol. The zero-order valence-corrected chi connectivity index (χ0v) is 11.5. The highest BCUT2D eigenvalue weighted by molar-refractivity contribution is 7.91. The summed E-state index contributed by atoms with van der Waals surface area (Å²) in [6.07, 6.45) is 0.922. The van der Waals surface area contributed by atoms with Crippen LogP contribution in [0.15, 0.2) is 29.2 Å². The molecule has 0 heterocycles. The Labute approximate surface area is 112 Å². The van der Waals surface area contributed by atoms with Crippen molar-refractivity contribution in [2.24, 2.45) is 0 Å². The molecule has 0 bridgehead atoms. The molecule has 7 heteroatoms. The van der Waals surface area contributed by atoms with Gasteiger partial charge in [0.05, 0.1) is 4.90 Å². The molecule has 1 rings (SSSR count). The van der Waals surface area contributed by atoms with E-state index in [4.69, 9.17) is 0 Å². The number of hydrogen-bond acceptors (Lipinski definition) is 4. The van der Waals surface area contributed by atoms with Crippen molar-refractivity contribution in [1.82, 2.24) is 5.32 Å². The Balaban J connectivity index is 2.53. The van der Waals surface area contributed by atoms with E-state index in [2.05, 4.69) is 10.6 Å². The van der Waals surface area contributed by atoms with Gasteiger partial charge < -0.3 is 10.6 Å². The molecule has 0 aliphatic rings. The summed E-state index contributed by atoms with van der Waals surface area (Å²) in [5.41, 5.74) is 0.713. The standard InChI is InChI=1S/C12H18F2N2O2S/c1-2-15-8-3-9-16-10-4-6-11(7-5-10)19(17,18)12(13)14/h4-7,12,15-16H,2-3,8-9H2,1H3. The number of nitrogens with one attached hydrogen (secondary N) is 2. The molecule has 0 spiro atoms. The number of benzene rings is 1. The van der Waals surface area contributed by atoms with Crippen LogP contribution < -0.4 is 10.6 Å². The van der Waals surface area contributed by atoms with E-state index < -0.39 is 15.6 Å². The van der Waals surface area contributed by atoms with Crippen molar-refractivity contribution >= 4 is 15.5 Å². The number of halogens is 2. The number of hydrogen-bond donors (Lipinski definition) is 2. The van der Waals surface area contributed by atoms with Gasteiger partial charge in [0.15, 0.2) is 0 Å². The summed E-state index contributed by atoms with van der Waals surface area (Å²) in [7, 11) is -4.50. The summed E-state index contributed by atoms with van der Waals surface area (Å²) in [4.78, 5) is -0.360. The highest BCUT2D eigenvalue weighted by Crippen LogP contribution is 2.20. The van der Waals surface area contributed by atoms with Crippen molar-refractivity contribution in [2.45, 2.75) is 24.0 Å². The van der Waals surface area contributed by atoms with Crippen LogP contribution in [0.25, 0.3) is 0 Å². The third-order valence-electron chi connectivity index (χ3n) is 2.53. The van der Waals surface area contributed by atoms with Gasteiger partial charge >= 0.3 is 5.76 Å². The summed E-state index contributed by atoms with van der Waals surface area (Å²) in [5, 5.41) is 6.26. The van der Waals surface area contributed by atoms with Crippen LogP contribution in [-0.2, 0) is 9.84 Å². The summed E-state index contributed by atoms with van der Waals surface area (Å²) >= 11 is 0. The molecule has 0 atom stereocenters. The van der Waals surface area contributed by atoms with E-state index in [0.29, 0.717) is 5.69 Å². The fraction of sp³-hybridized carbons (Fsp3) is 0.500. The maximum Gasteiger partial charge on any atom is 0.341 e. The van der Waals surface area contributed by atoms with Crippen LogP contribution in [0.1, 0.15) is 13.3 Å². The normalized spacial score (nSPS) is 11.8. The lowest BCUT2D eigenvalue weighted by atomic mass is 10.3. The van der Waals surface area contributed by atoms with Gasteiger partial charge in [-0.2, -0.15) is 8.78 Å². The maximum absolute atomic E-state index is 12.3. The Morgan fingerprint density at radius 3 is 2.32 bits per heavy atom. The van der Waals surface area contributed by atoms with Crippen LogP contribution in [0.4, 0.5) is 14.5 Å². The summed E-state index contributed by atoms with van der Waals surface area (Å²) in [6.45, 7) is 4.56. The molecule has 0 saturated carbocycles. The number of alkyl halides is 2. The fourth-order valence-corrected chi connectivity index (χ4v) is 2.21. The molecule has 19 heavy (non-hydrogen) atoms. The van der Waals surface area contributed by atoms with Crippen molar-refractivity contribution in [3.8, 4) is 0 Å². The zero-order chi connectivity index (χ0) is 14.3. The Bertz CT molecular complexity index is 475. The van der Waals surface area contributed by atoms with Gasteiger partial charge in [-0.15, -0.1) is 0 Å². The van der Waals surface area contributed by atoms with Crippen molar-refractivity contribution < 1.29 is 17.2 Å². The fourth-order valence-electron chi connectivity index (χ4n) is 1.49. The van der Waals surface area contributed by atoms with Crippen LogP contribution in [0.3, 0.4) is 0 Å². The Hall–Kier alpha value is -1.21. The Kier molecular flexibility index (Phi) is 6.17. The van der Waals surface area contributed by atoms with E-state index in [1.165, 1.54) is 24.3 Å². The highest BCUT2D eigenvalue weighted by atomic mass is 32.2. The molecule has 0 fully saturated rings. The molecule has 0 aliphatic carbocycles. The third-order valence-corrected chi connectivity index (χ3v) is 3.93. The van der Waals surface area contributed by atoms with Gasteiger partial charge in [-0.25, -0.2) is 8.42 Å². The number of sulfone groups is 1. The molecule has 2 N–H and O–H groups in total. The van der Waals surface area contributed by atoms with Gasteiger partial charge in [0.2, 0.25) is 9.84 Å². The molecule has 1 aromatic rings. The van der Waals surface area contributed by atoms with E-state index in [9.17, 15) is 17.2 Å². The minimum Gasteiger partial charge on any atom is -0.385 e. The van der Waals surface area contributed by atoms with E-state index in [1.807, 2.05) is 6.92 Å². The molecular formula is C12H18F2N2O2S. The molecule has 0 unspecified atom stereocenters. The quantitative estimate of drug-likeness (QED) is 0.720. The van der Waals surface area contributed by atoms with Gasteiger partial charge in [0, 0.05) is 12.2 Å². The smallest absolute Gasteiger partial charge is 0.341 e. The first-order valence-electron chi connectivity index (χ1n) is 6.05. The van der Waals surface area contributed by atoms with Gasteiger partial charge in [0.25, 0.3) is 0 Å². The van der Waals surface area contributed by atoms with Crippen LogP contribution in [0.5, 0.6) is 0 Å². The van der Waals surface area contributed by atoms with Crippen LogP contribution in [0, 0.1) is 0 Å². The molecule has 0 aliphatic heterocycles. The largest absolute Gasteiger partial charge is 0.385 e. The average molecular weight is 292 g/mol. The summed E-state index contributed by atoms with van der Waals surface area (Å²) in [5.74, 6) is -3.38. The van der Waals surface area contributed by atoms with E-state index in [0.717, 1.165) is 26.1 Å². The van der Waals surface area contributed by atoms with E-state index in [1.54, 1.807) is 0 Å². The van der Waals surface area contributed by atoms with Crippen LogP contribution in [-0.4, -0.2) is 33.8 Å². The third kappa shape index (κ3) is 4.76. The van der Waals surface area contributed by atoms with Gasteiger partial charge in [-0.1, -0.05) is 6.92 Å². The molecule has 0 aromatic heterocycles.